The molecule has 36 heavy (non-hydrogen) atoms. The SMILES string of the molecule is CCOc1cc(/C=C2\N=C(c3ccc([N+](=O)[O-])c(C)c3)OC2=O)cc(I)c1OCCc1ccccc1. The molecule has 1 heterocycles. The van der Waals surface area contributed by atoms with Gasteiger partial charge in [-0.2, -0.15) is 0 Å². The third kappa shape index (κ3) is 5.91. The van der Waals surface area contributed by atoms with Crippen molar-refractivity contribution in [3.8, 4) is 11.5 Å². The smallest absolute Gasteiger partial charge is 0.363 e. The number of hydrogen-bond acceptors (Lipinski definition) is 7. The lowest BCUT2D eigenvalue weighted by atomic mass is 10.1. The number of cyclic esters (lactones) is 1. The molecule has 1 aliphatic heterocycles. The van der Waals surface area contributed by atoms with Crippen LogP contribution in [0.2, 0.25) is 0 Å². The highest BCUT2D eigenvalue weighted by Crippen LogP contribution is 2.35. The number of nitrogens with zero attached hydrogens (tertiary/aromatic N) is 2. The molecule has 0 atom stereocenters. The Hall–Kier alpha value is -3.73. The summed E-state index contributed by atoms with van der Waals surface area (Å²) in [4.78, 5) is 27.4. The maximum absolute atomic E-state index is 12.5. The van der Waals surface area contributed by atoms with Crippen LogP contribution in [0.5, 0.6) is 11.5 Å². The number of aliphatic imine (C=N–C) groups is 1. The van der Waals surface area contributed by atoms with Crippen molar-refractivity contribution in [3.63, 3.8) is 0 Å². The highest BCUT2D eigenvalue weighted by atomic mass is 127. The quantitative estimate of drug-likeness (QED) is 0.100. The summed E-state index contributed by atoms with van der Waals surface area (Å²) in [6.07, 6.45) is 2.38. The zero-order valence-corrected chi connectivity index (χ0v) is 21.9. The summed E-state index contributed by atoms with van der Waals surface area (Å²) in [5, 5.41) is 11.1. The molecule has 0 saturated heterocycles. The maximum atomic E-state index is 12.5. The molecule has 8 nitrogen and oxygen atoms in total. The van der Waals surface area contributed by atoms with E-state index in [1.165, 1.54) is 17.7 Å². The number of nitro benzene ring substituents is 1. The molecular formula is C27H23IN2O6. The zero-order valence-electron chi connectivity index (χ0n) is 19.7. The molecule has 3 aromatic carbocycles. The Morgan fingerprint density at radius 1 is 1.11 bits per heavy atom. The van der Waals surface area contributed by atoms with Crippen LogP contribution in [0.4, 0.5) is 5.69 Å². The summed E-state index contributed by atoms with van der Waals surface area (Å²) in [6, 6.07) is 18.2. The Kier molecular flexibility index (Phi) is 7.99. The first-order valence-electron chi connectivity index (χ1n) is 11.3. The Morgan fingerprint density at radius 3 is 2.58 bits per heavy atom. The third-order valence-corrected chi connectivity index (χ3v) is 6.18. The van der Waals surface area contributed by atoms with Gasteiger partial charge in [-0.05, 0) is 77.9 Å². The van der Waals surface area contributed by atoms with E-state index in [4.69, 9.17) is 14.2 Å². The van der Waals surface area contributed by atoms with E-state index in [-0.39, 0.29) is 17.3 Å². The number of carbonyl (C=O) groups is 1. The van der Waals surface area contributed by atoms with E-state index in [2.05, 4.69) is 39.7 Å². The van der Waals surface area contributed by atoms with Crippen LogP contribution in [-0.4, -0.2) is 30.0 Å². The van der Waals surface area contributed by atoms with Crippen molar-refractivity contribution in [1.29, 1.82) is 0 Å². The minimum atomic E-state index is -0.600. The number of ether oxygens (including phenoxy) is 3. The van der Waals surface area contributed by atoms with E-state index in [9.17, 15) is 14.9 Å². The molecule has 0 bridgehead atoms. The van der Waals surface area contributed by atoms with Crippen molar-refractivity contribution in [1.82, 2.24) is 0 Å². The molecule has 0 N–H and O–H groups in total. The number of nitro groups is 1. The Bertz CT molecular complexity index is 1370. The van der Waals surface area contributed by atoms with E-state index in [1.807, 2.05) is 31.2 Å². The maximum Gasteiger partial charge on any atom is 0.363 e. The molecule has 0 aromatic heterocycles. The van der Waals surface area contributed by atoms with Crippen molar-refractivity contribution < 1.29 is 23.9 Å². The summed E-state index contributed by atoms with van der Waals surface area (Å²) in [7, 11) is 0. The van der Waals surface area contributed by atoms with Gasteiger partial charge in [0.1, 0.15) is 0 Å². The lowest BCUT2D eigenvalue weighted by Gasteiger charge is -2.15. The molecule has 9 heteroatoms. The fourth-order valence-corrected chi connectivity index (χ4v) is 4.45. The van der Waals surface area contributed by atoms with Gasteiger partial charge in [0.15, 0.2) is 17.2 Å². The van der Waals surface area contributed by atoms with Crippen LogP contribution in [-0.2, 0) is 16.0 Å². The molecule has 1 aliphatic rings. The second kappa shape index (κ2) is 11.3. The number of rotatable bonds is 9. The van der Waals surface area contributed by atoms with Gasteiger partial charge in [-0.15, -0.1) is 0 Å². The standard InChI is InChI=1S/C27H23IN2O6/c1-3-34-24-16-19(14-21(28)25(24)35-12-11-18-7-5-4-6-8-18)15-22-27(31)36-26(29-22)20-9-10-23(30(32)33)17(2)13-20/h4-10,13-16H,3,11-12H2,1-2H3/b22-15-. The van der Waals surface area contributed by atoms with Crippen molar-refractivity contribution in [2.75, 3.05) is 13.2 Å². The monoisotopic (exact) mass is 598 g/mol. The average Bonchev–Trinajstić information content (AvgIpc) is 3.21. The van der Waals surface area contributed by atoms with Gasteiger partial charge in [0.2, 0.25) is 5.90 Å². The van der Waals surface area contributed by atoms with Crippen LogP contribution in [0.1, 0.15) is 29.2 Å². The van der Waals surface area contributed by atoms with Gasteiger partial charge in [0.25, 0.3) is 5.69 Å². The van der Waals surface area contributed by atoms with Gasteiger partial charge in [0.05, 0.1) is 21.7 Å². The fourth-order valence-electron chi connectivity index (χ4n) is 3.67. The molecule has 0 unspecified atom stereocenters. The first-order chi connectivity index (χ1) is 17.4. The molecule has 4 rings (SSSR count). The largest absolute Gasteiger partial charge is 0.490 e. The Balaban J connectivity index is 1.57. The lowest BCUT2D eigenvalue weighted by molar-refractivity contribution is -0.385. The zero-order chi connectivity index (χ0) is 25.7. The first kappa shape index (κ1) is 25.4. The van der Waals surface area contributed by atoms with Gasteiger partial charge in [-0.25, -0.2) is 9.79 Å². The minimum Gasteiger partial charge on any atom is -0.490 e. The highest BCUT2D eigenvalue weighted by molar-refractivity contribution is 14.1. The fraction of sp³-hybridized carbons (Fsp3) is 0.185. The molecule has 0 saturated carbocycles. The van der Waals surface area contributed by atoms with E-state index in [1.54, 1.807) is 25.1 Å². The molecule has 0 fully saturated rings. The summed E-state index contributed by atoms with van der Waals surface area (Å²) in [6.45, 7) is 4.46. The average molecular weight is 598 g/mol. The van der Waals surface area contributed by atoms with E-state index >= 15 is 0 Å². The summed E-state index contributed by atoms with van der Waals surface area (Å²) in [5.74, 6) is 0.725. The number of benzene rings is 3. The first-order valence-corrected chi connectivity index (χ1v) is 12.3. The number of halogens is 1. The van der Waals surface area contributed by atoms with Crippen molar-refractivity contribution in [2.45, 2.75) is 20.3 Å². The Morgan fingerprint density at radius 2 is 1.89 bits per heavy atom. The number of hydrogen-bond donors (Lipinski definition) is 0. The third-order valence-electron chi connectivity index (χ3n) is 5.38. The van der Waals surface area contributed by atoms with Crippen LogP contribution in [0, 0.1) is 20.6 Å². The van der Waals surface area contributed by atoms with Crippen molar-refractivity contribution in [3.05, 3.63) is 102 Å². The molecule has 3 aromatic rings. The second-order valence-corrected chi connectivity index (χ2v) is 9.10. The summed E-state index contributed by atoms with van der Waals surface area (Å²) >= 11 is 2.18. The van der Waals surface area contributed by atoms with Crippen molar-refractivity contribution in [2.24, 2.45) is 4.99 Å². The molecule has 0 radical (unpaired) electrons. The van der Waals surface area contributed by atoms with Crippen LogP contribution in [0.15, 0.2) is 71.4 Å². The number of aryl methyl sites for hydroxylation is 1. The molecular weight excluding hydrogens is 575 g/mol. The van der Waals surface area contributed by atoms with Crippen molar-refractivity contribution >= 4 is 46.2 Å². The number of esters is 1. The predicted octanol–water partition coefficient (Wildman–Crippen LogP) is 5.87. The molecule has 0 aliphatic carbocycles. The minimum absolute atomic E-state index is 0.0106. The predicted molar refractivity (Wildman–Crippen MR) is 144 cm³/mol. The van der Waals surface area contributed by atoms with E-state index < -0.39 is 10.9 Å². The summed E-state index contributed by atoms with van der Waals surface area (Å²) in [5.41, 5.74) is 2.94. The van der Waals surface area contributed by atoms with Crippen LogP contribution < -0.4 is 9.47 Å². The summed E-state index contributed by atoms with van der Waals surface area (Å²) < 4.78 is 18.0. The van der Waals surface area contributed by atoms with Crippen LogP contribution in [0.3, 0.4) is 0 Å². The van der Waals surface area contributed by atoms with Crippen LogP contribution >= 0.6 is 22.6 Å². The van der Waals surface area contributed by atoms with Gasteiger partial charge in [-0.3, -0.25) is 10.1 Å². The van der Waals surface area contributed by atoms with E-state index in [0.717, 1.165) is 9.99 Å². The lowest BCUT2D eigenvalue weighted by Crippen LogP contribution is -2.06. The highest BCUT2D eigenvalue weighted by Gasteiger charge is 2.25. The van der Waals surface area contributed by atoms with Gasteiger partial charge in [-0.1, -0.05) is 30.3 Å². The normalized spacial score (nSPS) is 13.9. The Labute approximate surface area is 221 Å². The van der Waals surface area contributed by atoms with Gasteiger partial charge in [0, 0.05) is 23.6 Å². The molecule has 0 spiro atoms. The van der Waals surface area contributed by atoms with E-state index in [0.29, 0.717) is 41.4 Å². The molecule has 0 amide bonds. The number of carbonyl (C=O) groups excluding carboxylic acids is 1. The van der Waals surface area contributed by atoms with Crippen LogP contribution in [0.25, 0.3) is 6.08 Å². The molecule has 184 valence electrons. The second-order valence-electron chi connectivity index (χ2n) is 7.94. The topological polar surface area (TPSA) is 100 Å². The van der Waals surface area contributed by atoms with Gasteiger partial charge >= 0.3 is 5.97 Å². The van der Waals surface area contributed by atoms with Gasteiger partial charge < -0.3 is 14.2 Å².